The molecule has 1 heterocycles. The Morgan fingerprint density at radius 3 is 2.47 bits per heavy atom. The van der Waals surface area contributed by atoms with Crippen LogP contribution in [-0.4, -0.2) is 47.6 Å². The Morgan fingerprint density at radius 1 is 1.10 bits per heavy atom. The summed E-state index contributed by atoms with van der Waals surface area (Å²) < 4.78 is 13.0. The molecule has 156 valence electrons. The Morgan fingerprint density at radius 2 is 1.80 bits per heavy atom. The highest BCUT2D eigenvalue weighted by Gasteiger charge is 2.39. The summed E-state index contributed by atoms with van der Waals surface area (Å²) in [4.78, 5) is 25.4. The number of amides is 2. The Hall–Kier alpha value is -3.03. The van der Waals surface area contributed by atoms with E-state index in [0.29, 0.717) is 23.4 Å². The van der Waals surface area contributed by atoms with Crippen molar-refractivity contribution in [3.8, 4) is 0 Å². The lowest BCUT2D eigenvalue weighted by molar-refractivity contribution is -0.131. The molecule has 2 aromatic rings. The van der Waals surface area contributed by atoms with Gasteiger partial charge in [-0.3, -0.25) is 14.8 Å². The Bertz CT molecular complexity index is 937. The fourth-order valence-corrected chi connectivity index (χ4v) is 3.78. The Kier molecular flexibility index (Phi) is 5.92. The van der Waals surface area contributed by atoms with Gasteiger partial charge in [-0.25, -0.2) is 9.87 Å². The molecule has 1 saturated carbocycles. The normalized spacial score (nSPS) is 20.8. The van der Waals surface area contributed by atoms with Crippen molar-refractivity contribution < 1.29 is 19.2 Å². The van der Waals surface area contributed by atoms with Crippen molar-refractivity contribution in [2.75, 3.05) is 19.6 Å². The molecule has 2 aromatic carbocycles. The van der Waals surface area contributed by atoms with Crippen molar-refractivity contribution in [1.29, 1.82) is 0 Å². The molecule has 0 aromatic heterocycles. The molecule has 6 nitrogen and oxygen atoms in total. The number of likely N-dealkylation sites (tertiary alicyclic amines) is 1. The number of hydrogen-bond acceptors (Lipinski definition) is 4. The van der Waals surface area contributed by atoms with Gasteiger partial charge >= 0.3 is 0 Å². The van der Waals surface area contributed by atoms with Gasteiger partial charge in [0.2, 0.25) is 5.91 Å². The molecule has 0 bridgehead atoms. The van der Waals surface area contributed by atoms with Crippen LogP contribution in [-0.2, 0) is 4.79 Å². The van der Waals surface area contributed by atoms with Gasteiger partial charge in [-0.2, -0.15) is 0 Å². The third-order valence-electron chi connectivity index (χ3n) is 5.72. The lowest BCUT2D eigenvalue weighted by Crippen LogP contribution is -2.53. The quantitative estimate of drug-likeness (QED) is 0.373. The van der Waals surface area contributed by atoms with E-state index >= 15 is 0 Å². The molecule has 0 unspecified atom stereocenters. The van der Waals surface area contributed by atoms with Crippen molar-refractivity contribution in [3.05, 3.63) is 77.1 Å². The van der Waals surface area contributed by atoms with Crippen LogP contribution in [0.5, 0.6) is 0 Å². The number of nitrogens with zero attached hydrogens (tertiary/aromatic N) is 1. The van der Waals surface area contributed by atoms with Crippen LogP contribution in [0.1, 0.15) is 33.8 Å². The first-order valence-electron chi connectivity index (χ1n) is 10.0. The van der Waals surface area contributed by atoms with Gasteiger partial charge in [-0.05, 0) is 47.9 Å². The monoisotopic (exact) mass is 409 g/mol. The molecule has 4 rings (SSSR count). The predicted octanol–water partition coefficient (Wildman–Crippen LogP) is 2.56. The van der Waals surface area contributed by atoms with Crippen LogP contribution in [0.4, 0.5) is 4.39 Å². The summed E-state index contributed by atoms with van der Waals surface area (Å²) in [5.74, 6) is 0.105. The SMILES string of the molecule is O=C(NO)c1ccc(/C=C/C(=O)N2CC(CN[C@@H]3C[C@H]3c3ccc(F)cc3)C2)cc1. The van der Waals surface area contributed by atoms with Gasteiger partial charge < -0.3 is 10.2 Å². The smallest absolute Gasteiger partial charge is 0.274 e. The molecule has 0 spiro atoms. The third-order valence-corrected chi connectivity index (χ3v) is 5.72. The summed E-state index contributed by atoms with van der Waals surface area (Å²) in [6.45, 7) is 2.35. The second-order valence-corrected chi connectivity index (χ2v) is 7.91. The zero-order chi connectivity index (χ0) is 21.1. The minimum atomic E-state index is -0.572. The molecule has 2 aliphatic rings. The highest BCUT2D eigenvalue weighted by molar-refractivity contribution is 5.94. The molecule has 0 radical (unpaired) electrons. The van der Waals surface area contributed by atoms with Crippen molar-refractivity contribution in [2.24, 2.45) is 5.92 Å². The van der Waals surface area contributed by atoms with E-state index in [-0.39, 0.29) is 11.7 Å². The average molecular weight is 409 g/mol. The lowest BCUT2D eigenvalue weighted by atomic mass is 9.99. The van der Waals surface area contributed by atoms with Gasteiger partial charge in [0.1, 0.15) is 5.82 Å². The number of nitrogens with one attached hydrogen (secondary N) is 2. The number of rotatable bonds is 7. The number of hydroxylamine groups is 1. The topological polar surface area (TPSA) is 81.7 Å². The van der Waals surface area contributed by atoms with Crippen LogP contribution >= 0.6 is 0 Å². The number of halogens is 1. The van der Waals surface area contributed by atoms with Crippen LogP contribution in [0.2, 0.25) is 0 Å². The third kappa shape index (κ3) is 4.75. The minimum Gasteiger partial charge on any atom is -0.338 e. The van der Waals surface area contributed by atoms with Gasteiger partial charge in [-0.15, -0.1) is 0 Å². The van der Waals surface area contributed by atoms with Gasteiger partial charge in [0.15, 0.2) is 0 Å². The van der Waals surface area contributed by atoms with E-state index in [0.717, 1.165) is 31.6 Å². The minimum absolute atomic E-state index is 0.0287. The van der Waals surface area contributed by atoms with Gasteiger partial charge in [0.25, 0.3) is 5.91 Å². The molecule has 1 aliphatic heterocycles. The Labute approximate surface area is 174 Å². The van der Waals surface area contributed by atoms with Crippen LogP contribution in [0.25, 0.3) is 6.08 Å². The van der Waals surface area contributed by atoms with Crippen LogP contribution in [0.3, 0.4) is 0 Å². The van der Waals surface area contributed by atoms with E-state index in [1.165, 1.54) is 23.8 Å². The first kappa shape index (κ1) is 20.3. The summed E-state index contributed by atoms with van der Waals surface area (Å²) in [7, 11) is 0. The highest BCUT2D eigenvalue weighted by Crippen LogP contribution is 2.40. The number of carbonyl (C=O) groups excluding carboxylic acids is 2. The van der Waals surface area contributed by atoms with Crippen LogP contribution in [0, 0.1) is 11.7 Å². The van der Waals surface area contributed by atoms with E-state index in [2.05, 4.69) is 5.32 Å². The maximum absolute atomic E-state index is 13.0. The second-order valence-electron chi connectivity index (χ2n) is 7.91. The standard InChI is InChI=1S/C23H24FN3O3/c24-19-8-6-17(7-9-19)20-11-21(20)25-12-16-13-27(14-16)22(28)10-3-15-1-4-18(5-2-15)23(29)26-30/h1-10,16,20-21,25,30H,11-14H2,(H,26,29)/b10-3+/t20-,21+/m0/s1. The molecule has 2 fully saturated rings. The van der Waals surface area contributed by atoms with Crippen LogP contribution in [0.15, 0.2) is 54.6 Å². The molecule has 1 saturated heterocycles. The molecule has 3 N–H and O–H groups in total. The van der Waals surface area contributed by atoms with Crippen molar-refractivity contribution in [1.82, 2.24) is 15.7 Å². The van der Waals surface area contributed by atoms with Gasteiger partial charge in [-0.1, -0.05) is 24.3 Å². The van der Waals surface area contributed by atoms with Gasteiger partial charge in [0, 0.05) is 49.2 Å². The molecular weight excluding hydrogens is 385 g/mol. The van der Waals surface area contributed by atoms with Gasteiger partial charge in [0.05, 0.1) is 0 Å². The molecule has 1 aliphatic carbocycles. The first-order valence-corrected chi connectivity index (χ1v) is 10.0. The van der Waals surface area contributed by atoms with Crippen LogP contribution < -0.4 is 10.8 Å². The lowest BCUT2D eigenvalue weighted by Gasteiger charge is -2.39. The zero-order valence-corrected chi connectivity index (χ0v) is 16.4. The van der Waals surface area contributed by atoms with E-state index < -0.39 is 5.91 Å². The van der Waals surface area contributed by atoms with E-state index in [4.69, 9.17) is 5.21 Å². The summed E-state index contributed by atoms with van der Waals surface area (Å²) in [5.41, 5.74) is 3.90. The van der Waals surface area contributed by atoms with Crippen molar-refractivity contribution in [2.45, 2.75) is 18.4 Å². The Balaban J connectivity index is 1.17. The molecule has 2 atom stereocenters. The number of carbonyl (C=O) groups is 2. The fourth-order valence-electron chi connectivity index (χ4n) is 3.78. The summed E-state index contributed by atoms with van der Waals surface area (Å²) in [6, 6.07) is 13.8. The summed E-state index contributed by atoms with van der Waals surface area (Å²) in [6.07, 6.45) is 4.32. The fraction of sp³-hybridized carbons (Fsp3) is 0.304. The zero-order valence-electron chi connectivity index (χ0n) is 16.4. The first-order chi connectivity index (χ1) is 14.5. The van der Waals surface area contributed by atoms with Crippen molar-refractivity contribution >= 4 is 17.9 Å². The molecule has 30 heavy (non-hydrogen) atoms. The molecule has 2 amide bonds. The largest absolute Gasteiger partial charge is 0.338 e. The highest BCUT2D eigenvalue weighted by atomic mass is 19.1. The van der Waals surface area contributed by atoms with E-state index in [1.807, 2.05) is 12.1 Å². The predicted molar refractivity (Wildman–Crippen MR) is 110 cm³/mol. The summed E-state index contributed by atoms with van der Waals surface area (Å²) in [5, 5.41) is 12.2. The average Bonchev–Trinajstić information content (AvgIpc) is 3.51. The van der Waals surface area contributed by atoms with Crippen molar-refractivity contribution in [3.63, 3.8) is 0 Å². The number of benzene rings is 2. The summed E-state index contributed by atoms with van der Waals surface area (Å²) >= 11 is 0. The van der Waals surface area contributed by atoms with E-state index in [9.17, 15) is 14.0 Å². The maximum atomic E-state index is 13.0. The second kappa shape index (κ2) is 8.77. The maximum Gasteiger partial charge on any atom is 0.274 e. The number of hydrogen-bond donors (Lipinski definition) is 3. The van der Waals surface area contributed by atoms with E-state index in [1.54, 1.807) is 40.7 Å². The molecular formula is C23H24FN3O3. The molecule has 7 heteroatoms.